The maximum atomic E-state index is 11.4. The van der Waals surface area contributed by atoms with Crippen molar-refractivity contribution in [2.75, 3.05) is 19.8 Å². The molecule has 3 heteroatoms. The maximum Gasteiger partial charge on any atom is 0.245 e. The average Bonchev–Trinajstić information content (AvgIpc) is 2.40. The standard InChI is InChI=1S/C15H23NO2/c1-3-11-18-12-15(17)16-10-9-13(2)14-7-5-4-6-8-14/h4-8,13H,3,9-12H2,1-2H3,(H,16,17). The lowest BCUT2D eigenvalue weighted by atomic mass is 9.98. The van der Waals surface area contributed by atoms with Gasteiger partial charge in [-0.25, -0.2) is 0 Å². The fourth-order valence-corrected chi connectivity index (χ4v) is 1.74. The number of amides is 1. The first-order chi connectivity index (χ1) is 8.74. The lowest BCUT2D eigenvalue weighted by Gasteiger charge is -2.12. The SMILES string of the molecule is CCCOCC(=O)NCCC(C)c1ccccc1. The summed E-state index contributed by atoms with van der Waals surface area (Å²) in [5, 5.41) is 2.88. The number of benzene rings is 1. The van der Waals surface area contributed by atoms with Gasteiger partial charge in [0.25, 0.3) is 0 Å². The molecular formula is C15H23NO2. The van der Waals surface area contributed by atoms with Crippen LogP contribution in [0.5, 0.6) is 0 Å². The van der Waals surface area contributed by atoms with E-state index in [1.165, 1.54) is 5.56 Å². The van der Waals surface area contributed by atoms with Crippen LogP contribution in [0.15, 0.2) is 30.3 Å². The molecule has 1 unspecified atom stereocenters. The molecule has 0 aliphatic heterocycles. The number of rotatable bonds is 8. The summed E-state index contributed by atoms with van der Waals surface area (Å²) in [7, 11) is 0. The smallest absolute Gasteiger partial charge is 0.245 e. The summed E-state index contributed by atoms with van der Waals surface area (Å²) in [5.41, 5.74) is 1.31. The predicted octanol–water partition coefficient (Wildman–Crippen LogP) is 2.72. The van der Waals surface area contributed by atoms with Crippen molar-refractivity contribution in [2.24, 2.45) is 0 Å². The maximum absolute atomic E-state index is 11.4. The van der Waals surface area contributed by atoms with E-state index < -0.39 is 0 Å². The Morgan fingerprint density at radius 2 is 2.06 bits per heavy atom. The third kappa shape index (κ3) is 5.82. The molecule has 1 aromatic rings. The Labute approximate surface area is 110 Å². The first kappa shape index (κ1) is 14.7. The zero-order valence-corrected chi connectivity index (χ0v) is 11.3. The summed E-state index contributed by atoms with van der Waals surface area (Å²) in [4.78, 5) is 11.4. The van der Waals surface area contributed by atoms with E-state index in [4.69, 9.17) is 4.74 Å². The highest BCUT2D eigenvalue weighted by atomic mass is 16.5. The van der Waals surface area contributed by atoms with Crippen LogP contribution in [0.25, 0.3) is 0 Å². The third-order valence-electron chi connectivity index (χ3n) is 2.85. The zero-order valence-electron chi connectivity index (χ0n) is 11.3. The Hall–Kier alpha value is -1.35. The summed E-state index contributed by atoms with van der Waals surface area (Å²) in [6, 6.07) is 10.3. The Bertz CT molecular complexity index is 338. The first-order valence-electron chi connectivity index (χ1n) is 6.63. The summed E-state index contributed by atoms with van der Waals surface area (Å²) >= 11 is 0. The van der Waals surface area contributed by atoms with Gasteiger partial charge in [-0.05, 0) is 24.3 Å². The number of ether oxygens (including phenoxy) is 1. The van der Waals surface area contributed by atoms with Crippen molar-refractivity contribution < 1.29 is 9.53 Å². The highest BCUT2D eigenvalue weighted by molar-refractivity contribution is 5.77. The molecule has 0 aliphatic rings. The highest BCUT2D eigenvalue weighted by Gasteiger charge is 2.06. The molecule has 0 heterocycles. The summed E-state index contributed by atoms with van der Waals surface area (Å²) in [6.07, 6.45) is 1.89. The molecule has 1 atom stereocenters. The zero-order chi connectivity index (χ0) is 13.2. The van der Waals surface area contributed by atoms with E-state index in [1.54, 1.807) is 0 Å². The van der Waals surface area contributed by atoms with Crippen molar-refractivity contribution in [1.82, 2.24) is 5.32 Å². The van der Waals surface area contributed by atoms with Crippen molar-refractivity contribution in [3.8, 4) is 0 Å². The van der Waals surface area contributed by atoms with Gasteiger partial charge in [0.15, 0.2) is 0 Å². The molecule has 1 aromatic carbocycles. The van der Waals surface area contributed by atoms with Crippen LogP contribution in [-0.4, -0.2) is 25.7 Å². The molecule has 100 valence electrons. The van der Waals surface area contributed by atoms with Gasteiger partial charge < -0.3 is 10.1 Å². The molecule has 0 aromatic heterocycles. The minimum Gasteiger partial charge on any atom is -0.372 e. The largest absolute Gasteiger partial charge is 0.372 e. The Kier molecular flexibility index (Phi) is 7.11. The van der Waals surface area contributed by atoms with Crippen LogP contribution >= 0.6 is 0 Å². The second-order valence-corrected chi connectivity index (χ2v) is 4.50. The molecule has 1 rings (SSSR count). The van der Waals surface area contributed by atoms with Crippen LogP contribution in [0.1, 0.15) is 38.2 Å². The van der Waals surface area contributed by atoms with Gasteiger partial charge in [0.1, 0.15) is 6.61 Å². The quantitative estimate of drug-likeness (QED) is 0.719. The van der Waals surface area contributed by atoms with E-state index in [0.717, 1.165) is 12.8 Å². The first-order valence-corrected chi connectivity index (χ1v) is 6.63. The summed E-state index contributed by atoms with van der Waals surface area (Å²) in [6.45, 7) is 5.72. The normalized spacial score (nSPS) is 12.1. The molecule has 1 amide bonds. The van der Waals surface area contributed by atoms with Crippen molar-refractivity contribution in [1.29, 1.82) is 0 Å². The second kappa shape index (κ2) is 8.70. The van der Waals surface area contributed by atoms with E-state index in [1.807, 2.05) is 25.1 Å². The Morgan fingerprint density at radius 3 is 2.72 bits per heavy atom. The minimum atomic E-state index is -0.0243. The Balaban J connectivity index is 2.16. The summed E-state index contributed by atoms with van der Waals surface area (Å²) < 4.78 is 5.17. The fraction of sp³-hybridized carbons (Fsp3) is 0.533. The molecule has 0 radical (unpaired) electrons. The number of hydrogen-bond donors (Lipinski definition) is 1. The number of hydrogen-bond acceptors (Lipinski definition) is 2. The molecule has 0 bridgehead atoms. The van der Waals surface area contributed by atoms with Crippen LogP contribution in [0.2, 0.25) is 0 Å². The summed E-state index contributed by atoms with van der Waals surface area (Å²) in [5.74, 6) is 0.437. The number of nitrogens with one attached hydrogen (secondary N) is 1. The van der Waals surface area contributed by atoms with E-state index in [2.05, 4.69) is 24.4 Å². The van der Waals surface area contributed by atoms with Gasteiger partial charge in [0.2, 0.25) is 5.91 Å². The van der Waals surface area contributed by atoms with Gasteiger partial charge in [0, 0.05) is 13.2 Å². The average molecular weight is 249 g/mol. The van der Waals surface area contributed by atoms with E-state index in [9.17, 15) is 4.79 Å². The predicted molar refractivity (Wildman–Crippen MR) is 73.6 cm³/mol. The molecule has 0 fully saturated rings. The van der Waals surface area contributed by atoms with Crippen molar-refractivity contribution in [3.63, 3.8) is 0 Å². The molecular weight excluding hydrogens is 226 g/mol. The van der Waals surface area contributed by atoms with Gasteiger partial charge in [-0.2, -0.15) is 0 Å². The van der Waals surface area contributed by atoms with Gasteiger partial charge in [-0.3, -0.25) is 4.79 Å². The van der Waals surface area contributed by atoms with Crippen LogP contribution in [0.4, 0.5) is 0 Å². The monoisotopic (exact) mass is 249 g/mol. The van der Waals surface area contributed by atoms with Crippen molar-refractivity contribution >= 4 is 5.91 Å². The second-order valence-electron chi connectivity index (χ2n) is 4.50. The number of carbonyl (C=O) groups is 1. The minimum absolute atomic E-state index is 0.0243. The van der Waals surface area contributed by atoms with Crippen LogP contribution in [-0.2, 0) is 9.53 Å². The van der Waals surface area contributed by atoms with Crippen LogP contribution in [0, 0.1) is 0 Å². The van der Waals surface area contributed by atoms with Gasteiger partial charge in [-0.1, -0.05) is 44.2 Å². The van der Waals surface area contributed by atoms with E-state index in [0.29, 0.717) is 19.1 Å². The molecule has 0 spiro atoms. The van der Waals surface area contributed by atoms with Gasteiger partial charge in [-0.15, -0.1) is 0 Å². The topological polar surface area (TPSA) is 38.3 Å². The van der Waals surface area contributed by atoms with E-state index in [-0.39, 0.29) is 12.5 Å². The molecule has 1 N–H and O–H groups in total. The lowest BCUT2D eigenvalue weighted by molar-refractivity contribution is -0.125. The van der Waals surface area contributed by atoms with Crippen LogP contribution < -0.4 is 5.32 Å². The molecule has 0 saturated heterocycles. The molecule has 3 nitrogen and oxygen atoms in total. The molecule has 18 heavy (non-hydrogen) atoms. The van der Waals surface area contributed by atoms with Crippen molar-refractivity contribution in [2.45, 2.75) is 32.6 Å². The Morgan fingerprint density at radius 1 is 1.33 bits per heavy atom. The lowest BCUT2D eigenvalue weighted by Crippen LogP contribution is -2.29. The fourth-order valence-electron chi connectivity index (χ4n) is 1.74. The molecule has 0 saturated carbocycles. The third-order valence-corrected chi connectivity index (χ3v) is 2.85. The van der Waals surface area contributed by atoms with Crippen LogP contribution in [0.3, 0.4) is 0 Å². The van der Waals surface area contributed by atoms with Gasteiger partial charge >= 0.3 is 0 Å². The number of carbonyl (C=O) groups excluding carboxylic acids is 1. The van der Waals surface area contributed by atoms with Gasteiger partial charge in [0.05, 0.1) is 0 Å². The van der Waals surface area contributed by atoms with Crippen molar-refractivity contribution in [3.05, 3.63) is 35.9 Å². The van der Waals surface area contributed by atoms with E-state index >= 15 is 0 Å². The molecule has 0 aliphatic carbocycles. The highest BCUT2D eigenvalue weighted by Crippen LogP contribution is 2.17.